The highest BCUT2D eigenvalue weighted by atomic mass is 32.1. The third-order valence-corrected chi connectivity index (χ3v) is 7.26. The van der Waals surface area contributed by atoms with Crippen molar-refractivity contribution >= 4 is 33.4 Å². The first-order chi connectivity index (χ1) is 14.9. The van der Waals surface area contributed by atoms with Crippen molar-refractivity contribution in [2.45, 2.75) is 83.7 Å². The molecule has 2 atom stereocenters. The van der Waals surface area contributed by atoms with Crippen LogP contribution < -0.4 is 10.6 Å². The molecule has 170 valence electrons. The Bertz CT molecular complexity index is 889. The fraction of sp³-hybridized carbons (Fsp3) is 0.625. The summed E-state index contributed by atoms with van der Waals surface area (Å²) >= 11 is 1.57. The molecule has 0 aliphatic heterocycles. The van der Waals surface area contributed by atoms with Gasteiger partial charge in [-0.2, -0.15) is 0 Å². The zero-order valence-corrected chi connectivity index (χ0v) is 19.6. The van der Waals surface area contributed by atoms with Crippen molar-refractivity contribution in [1.29, 1.82) is 0 Å². The van der Waals surface area contributed by atoms with E-state index < -0.39 is 6.04 Å². The molecule has 1 aromatic carbocycles. The Labute approximate surface area is 188 Å². The number of hydrogen-bond acceptors (Lipinski definition) is 5. The number of fused-ring (bicyclic) bond motifs is 1. The highest BCUT2D eigenvalue weighted by Crippen LogP contribution is 2.28. The number of carbonyl (C=O) groups is 2. The molecule has 1 aliphatic rings. The van der Waals surface area contributed by atoms with E-state index in [-0.39, 0.29) is 24.5 Å². The maximum absolute atomic E-state index is 13.1. The van der Waals surface area contributed by atoms with E-state index in [1.807, 2.05) is 6.07 Å². The highest BCUT2D eigenvalue weighted by Gasteiger charge is 2.29. The predicted octanol–water partition coefficient (Wildman–Crippen LogP) is 3.91. The number of aliphatic hydroxyl groups excluding tert-OH is 1. The largest absolute Gasteiger partial charge is 0.394 e. The van der Waals surface area contributed by atoms with Crippen LogP contribution in [0.3, 0.4) is 0 Å². The molecule has 6 nitrogen and oxygen atoms in total. The Kier molecular flexibility index (Phi) is 8.43. The Morgan fingerprint density at radius 3 is 2.58 bits per heavy atom. The van der Waals surface area contributed by atoms with E-state index in [0.717, 1.165) is 40.9 Å². The summed E-state index contributed by atoms with van der Waals surface area (Å²) in [5, 5.41) is 16.6. The maximum atomic E-state index is 13.1. The van der Waals surface area contributed by atoms with E-state index in [4.69, 9.17) is 4.98 Å². The predicted molar refractivity (Wildman–Crippen MR) is 125 cm³/mol. The number of carbonyl (C=O) groups excluding carboxylic acids is 2. The SMILES string of the molecule is CCC(=O)NC(Cc1nc2ccc(C(C)C)cc2s1)C(=O)N[C@H](CO)C1CCCCC1. The number of amides is 2. The maximum Gasteiger partial charge on any atom is 0.243 e. The molecule has 1 heterocycles. The van der Waals surface area contributed by atoms with E-state index in [2.05, 4.69) is 36.6 Å². The lowest BCUT2D eigenvalue weighted by Gasteiger charge is -2.31. The molecule has 3 N–H and O–H groups in total. The molecule has 31 heavy (non-hydrogen) atoms. The van der Waals surface area contributed by atoms with Crippen molar-refractivity contribution in [1.82, 2.24) is 15.6 Å². The van der Waals surface area contributed by atoms with Gasteiger partial charge >= 0.3 is 0 Å². The monoisotopic (exact) mass is 445 g/mol. The number of thiazole rings is 1. The second kappa shape index (κ2) is 11.0. The van der Waals surface area contributed by atoms with Gasteiger partial charge in [-0.15, -0.1) is 11.3 Å². The molecule has 2 aromatic rings. The first-order valence-electron chi connectivity index (χ1n) is 11.5. The van der Waals surface area contributed by atoms with Crippen LogP contribution in [0.25, 0.3) is 10.2 Å². The van der Waals surface area contributed by atoms with Gasteiger partial charge in [-0.1, -0.05) is 46.1 Å². The Hall–Kier alpha value is -1.99. The van der Waals surface area contributed by atoms with Crippen molar-refractivity contribution in [3.63, 3.8) is 0 Å². The van der Waals surface area contributed by atoms with Gasteiger partial charge in [-0.05, 0) is 42.4 Å². The van der Waals surface area contributed by atoms with Crippen LogP contribution in [-0.2, 0) is 16.0 Å². The van der Waals surface area contributed by atoms with Gasteiger partial charge in [-0.25, -0.2) is 4.98 Å². The topological polar surface area (TPSA) is 91.3 Å². The average molecular weight is 446 g/mol. The van der Waals surface area contributed by atoms with Gasteiger partial charge in [0.25, 0.3) is 0 Å². The normalized spacial score (nSPS) is 16.9. The summed E-state index contributed by atoms with van der Waals surface area (Å²) in [6.45, 7) is 6.01. The summed E-state index contributed by atoms with van der Waals surface area (Å²) in [4.78, 5) is 29.9. The fourth-order valence-electron chi connectivity index (χ4n) is 4.25. The fourth-order valence-corrected chi connectivity index (χ4v) is 5.31. The Morgan fingerprint density at radius 1 is 1.19 bits per heavy atom. The van der Waals surface area contributed by atoms with Gasteiger partial charge in [0.05, 0.1) is 27.9 Å². The van der Waals surface area contributed by atoms with Crippen LogP contribution in [0.5, 0.6) is 0 Å². The number of benzene rings is 1. The standard InChI is InChI=1S/C24H35N3O3S/c1-4-22(29)25-19(24(30)27-20(14-28)16-8-6-5-7-9-16)13-23-26-18-11-10-17(15(2)3)12-21(18)31-23/h10-12,15-16,19-20,28H,4-9,13-14H2,1-3H3,(H,25,29)(H,27,30)/t19?,20-/m1/s1. The van der Waals surface area contributed by atoms with Crippen molar-refractivity contribution < 1.29 is 14.7 Å². The van der Waals surface area contributed by atoms with E-state index >= 15 is 0 Å². The summed E-state index contributed by atoms with van der Waals surface area (Å²) < 4.78 is 1.10. The molecule has 1 aromatic heterocycles. The number of rotatable bonds is 9. The van der Waals surface area contributed by atoms with E-state index in [1.165, 1.54) is 12.0 Å². The van der Waals surface area contributed by atoms with E-state index in [0.29, 0.717) is 24.7 Å². The quantitative estimate of drug-likeness (QED) is 0.546. The molecular weight excluding hydrogens is 410 g/mol. The second-order valence-corrected chi connectivity index (χ2v) is 9.98. The zero-order valence-electron chi connectivity index (χ0n) is 18.8. The highest BCUT2D eigenvalue weighted by molar-refractivity contribution is 7.18. The van der Waals surface area contributed by atoms with Crippen LogP contribution in [0.15, 0.2) is 18.2 Å². The van der Waals surface area contributed by atoms with Crippen molar-refractivity contribution in [2.24, 2.45) is 5.92 Å². The molecule has 1 fully saturated rings. The zero-order chi connectivity index (χ0) is 22.4. The van der Waals surface area contributed by atoms with Crippen LogP contribution in [0.2, 0.25) is 0 Å². The van der Waals surface area contributed by atoms with Crippen LogP contribution in [0, 0.1) is 5.92 Å². The number of aromatic nitrogens is 1. The third-order valence-electron chi connectivity index (χ3n) is 6.22. The van der Waals surface area contributed by atoms with Crippen molar-refractivity contribution in [3.8, 4) is 0 Å². The van der Waals surface area contributed by atoms with Crippen molar-refractivity contribution in [3.05, 3.63) is 28.8 Å². The summed E-state index contributed by atoms with van der Waals surface area (Å²) in [6, 6.07) is 5.31. The molecule has 2 amide bonds. The average Bonchev–Trinajstić information content (AvgIpc) is 3.18. The molecule has 7 heteroatoms. The van der Waals surface area contributed by atoms with Crippen LogP contribution >= 0.6 is 11.3 Å². The summed E-state index contributed by atoms with van der Waals surface area (Å²) in [5.41, 5.74) is 2.18. The minimum Gasteiger partial charge on any atom is -0.394 e. The molecule has 1 unspecified atom stereocenters. The van der Waals surface area contributed by atoms with Gasteiger partial charge in [-0.3, -0.25) is 9.59 Å². The number of hydrogen-bond donors (Lipinski definition) is 3. The van der Waals surface area contributed by atoms with Crippen LogP contribution in [-0.4, -0.2) is 40.6 Å². The molecule has 0 bridgehead atoms. The molecule has 0 spiro atoms. The number of nitrogens with zero attached hydrogens (tertiary/aromatic N) is 1. The molecule has 0 radical (unpaired) electrons. The first-order valence-corrected chi connectivity index (χ1v) is 12.3. The van der Waals surface area contributed by atoms with E-state index in [1.54, 1.807) is 18.3 Å². The minimum absolute atomic E-state index is 0.0794. The lowest BCUT2D eigenvalue weighted by Crippen LogP contribution is -2.53. The minimum atomic E-state index is -0.699. The first kappa shape index (κ1) is 23.7. The molecular formula is C24H35N3O3S. The Morgan fingerprint density at radius 2 is 1.94 bits per heavy atom. The Balaban J connectivity index is 1.75. The van der Waals surface area contributed by atoms with E-state index in [9.17, 15) is 14.7 Å². The summed E-state index contributed by atoms with van der Waals surface area (Å²) in [7, 11) is 0. The van der Waals surface area contributed by atoms with Crippen molar-refractivity contribution in [2.75, 3.05) is 6.61 Å². The lowest BCUT2D eigenvalue weighted by atomic mass is 9.84. The summed E-state index contributed by atoms with van der Waals surface area (Å²) in [6.07, 6.45) is 6.19. The molecule has 1 saturated carbocycles. The lowest BCUT2D eigenvalue weighted by molar-refractivity contribution is -0.129. The number of aliphatic hydroxyl groups is 1. The van der Waals surface area contributed by atoms with Gasteiger partial charge < -0.3 is 15.7 Å². The molecule has 0 saturated heterocycles. The molecule has 1 aliphatic carbocycles. The van der Waals surface area contributed by atoms with Crippen LogP contribution in [0.1, 0.15) is 75.8 Å². The van der Waals surface area contributed by atoms with Crippen LogP contribution in [0.4, 0.5) is 0 Å². The number of nitrogens with one attached hydrogen (secondary N) is 2. The third kappa shape index (κ3) is 6.26. The van der Waals surface area contributed by atoms with Gasteiger partial charge in [0.1, 0.15) is 6.04 Å². The smallest absolute Gasteiger partial charge is 0.243 e. The summed E-state index contributed by atoms with van der Waals surface area (Å²) in [5.74, 6) is 0.324. The van der Waals surface area contributed by atoms with Gasteiger partial charge in [0.15, 0.2) is 0 Å². The van der Waals surface area contributed by atoms with Gasteiger partial charge in [0.2, 0.25) is 11.8 Å². The van der Waals surface area contributed by atoms with Gasteiger partial charge in [0, 0.05) is 12.8 Å². The molecule has 3 rings (SSSR count). The second-order valence-electron chi connectivity index (χ2n) is 8.86.